The number of nitrogens with zero attached hydrogens (tertiary/aromatic N) is 2. The van der Waals surface area contributed by atoms with E-state index in [1.165, 1.54) is 0 Å². The van der Waals surface area contributed by atoms with Crippen molar-refractivity contribution in [3.8, 4) is 11.3 Å². The topological polar surface area (TPSA) is 25.8 Å². The van der Waals surface area contributed by atoms with E-state index in [1.807, 2.05) is 6.07 Å². The van der Waals surface area contributed by atoms with Crippen molar-refractivity contribution >= 4 is 0 Å². The van der Waals surface area contributed by atoms with Gasteiger partial charge in [-0.05, 0) is 12.1 Å². The Balaban J connectivity index is 2.75. The van der Waals surface area contributed by atoms with Gasteiger partial charge in [0.1, 0.15) is 0 Å². The SMILES string of the molecule is Fc1nnc2cccccc1-2. The van der Waals surface area contributed by atoms with Crippen LogP contribution in [0.5, 0.6) is 0 Å². The molecule has 2 aliphatic rings. The summed E-state index contributed by atoms with van der Waals surface area (Å²) >= 11 is 0. The van der Waals surface area contributed by atoms with Crippen LogP contribution < -0.4 is 0 Å². The summed E-state index contributed by atoms with van der Waals surface area (Å²) in [6.07, 6.45) is 0. The van der Waals surface area contributed by atoms with Crippen LogP contribution >= 0.6 is 0 Å². The lowest BCUT2D eigenvalue weighted by molar-refractivity contribution is 0.583. The Kier molecular flexibility index (Phi) is 1.28. The van der Waals surface area contributed by atoms with Crippen molar-refractivity contribution in [2.75, 3.05) is 0 Å². The lowest BCUT2D eigenvalue weighted by Crippen LogP contribution is -1.71. The van der Waals surface area contributed by atoms with E-state index in [0.29, 0.717) is 11.3 Å². The first-order chi connectivity index (χ1) is 5.38. The third-order valence-electron chi connectivity index (χ3n) is 1.48. The molecule has 1 aliphatic carbocycles. The second kappa shape index (κ2) is 2.27. The second-order valence-corrected chi connectivity index (χ2v) is 2.20. The van der Waals surface area contributed by atoms with Crippen LogP contribution in [0.1, 0.15) is 0 Å². The number of aromatic nitrogens is 2. The highest BCUT2D eigenvalue weighted by Gasteiger charge is 2.09. The average molecular weight is 148 g/mol. The Bertz CT molecular complexity index is 348. The van der Waals surface area contributed by atoms with Gasteiger partial charge >= 0.3 is 0 Å². The first-order valence-electron chi connectivity index (χ1n) is 3.25. The van der Waals surface area contributed by atoms with Gasteiger partial charge in [0.15, 0.2) is 0 Å². The van der Waals surface area contributed by atoms with E-state index < -0.39 is 5.95 Å². The summed E-state index contributed by atoms with van der Waals surface area (Å²) in [6, 6.07) is 8.77. The van der Waals surface area contributed by atoms with Crippen molar-refractivity contribution < 1.29 is 4.39 Å². The molecular formula is C8H5FN2. The van der Waals surface area contributed by atoms with Crippen LogP contribution in [0.25, 0.3) is 11.3 Å². The van der Waals surface area contributed by atoms with Gasteiger partial charge in [0.2, 0.25) is 5.95 Å². The van der Waals surface area contributed by atoms with Gasteiger partial charge in [0, 0.05) is 0 Å². The van der Waals surface area contributed by atoms with E-state index in [0.717, 1.165) is 0 Å². The van der Waals surface area contributed by atoms with Gasteiger partial charge in [-0.2, -0.15) is 4.39 Å². The molecule has 1 heterocycles. The lowest BCUT2D eigenvalue weighted by atomic mass is 10.2. The monoisotopic (exact) mass is 148 g/mol. The van der Waals surface area contributed by atoms with Crippen molar-refractivity contribution in [3.05, 3.63) is 36.3 Å². The molecule has 0 spiro atoms. The predicted molar refractivity (Wildman–Crippen MR) is 38.6 cm³/mol. The molecule has 0 aromatic heterocycles. The first kappa shape index (κ1) is 6.22. The Hall–Kier alpha value is -1.51. The van der Waals surface area contributed by atoms with E-state index in [9.17, 15) is 4.39 Å². The van der Waals surface area contributed by atoms with Gasteiger partial charge in [-0.15, -0.1) is 10.2 Å². The quantitative estimate of drug-likeness (QED) is 0.568. The molecule has 0 bridgehead atoms. The van der Waals surface area contributed by atoms with Crippen LogP contribution in [-0.2, 0) is 0 Å². The molecule has 0 aromatic carbocycles. The predicted octanol–water partition coefficient (Wildman–Crippen LogP) is 1.72. The third-order valence-corrected chi connectivity index (χ3v) is 1.48. The van der Waals surface area contributed by atoms with Crippen molar-refractivity contribution in [1.82, 2.24) is 10.2 Å². The molecule has 0 radical (unpaired) electrons. The van der Waals surface area contributed by atoms with Gasteiger partial charge in [0.25, 0.3) is 0 Å². The van der Waals surface area contributed by atoms with Crippen molar-refractivity contribution in [3.63, 3.8) is 0 Å². The summed E-state index contributed by atoms with van der Waals surface area (Å²) in [7, 11) is 0. The number of halogens is 1. The van der Waals surface area contributed by atoms with Gasteiger partial charge in [-0.3, -0.25) is 0 Å². The molecule has 11 heavy (non-hydrogen) atoms. The smallest absolute Gasteiger partial charge is 0.182 e. The van der Waals surface area contributed by atoms with Gasteiger partial charge < -0.3 is 0 Å². The number of rotatable bonds is 0. The fraction of sp³-hybridized carbons (Fsp3) is 0. The molecule has 0 N–H and O–H groups in total. The molecule has 0 unspecified atom stereocenters. The zero-order valence-corrected chi connectivity index (χ0v) is 5.66. The number of hydrogen-bond acceptors (Lipinski definition) is 2. The van der Waals surface area contributed by atoms with Crippen LogP contribution in [0.2, 0.25) is 0 Å². The number of hydrogen-bond donors (Lipinski definition) is 0. The summed E-state index contributed by atoms with van der Waals surface area (Å²) in [6.45, 7) is 0. The van der Waals surface area contributed by atoms with E-state index in [-0.39, 0.29) is 0 Å². The molecular weight excluding hydrogens is 143 g/mol. The van der Waals surface area contributed by atoms with E-state index in [4.69, 9.17) is 0 Å². The maximum absolute atomic E-state index is 12.7. The van der Waals surface area contributed by atoms with E-state index >= 15 is 0 Å². The zero-order chi connectivity index (χ0) is 7.68. The van der Waals surface area contributed by atoms with Crippen LogP contribution in [0.15, 0.2) is 30.3 Å². The van der Waals surface area contributed by atoms with Gasteiger partial charge in [0.05, 0.1) is 11.3 Å². The highest BCUT2D eigenvalue weighted by Crippen LogP contribution is 2.18. The van der Waals surface area contributed by atoms with Crippen molar-refractivity contribution in [2.45, 2.75) is 0 Å². The highest BCUT2D eigenvalue weighted by atomic mass is 19.1. The molecule has 0 saturated carbocycles. The fourth-order valence-electron chi connectivity index (χ4n) is 0.951. The van der Waals surface area contributed by atoms with E-state index in [2.05, 4.69) is 10.2 Å². The van der Waals surface area contributed by atoms with Crippen LogP contribution in [-0.4, -0.2) is 10.2 Å². The molecule has 0 atom stereocenters. The minimum absolute atomic E-state index is 0.468. The molecule has 3 heteroatoms. The maximum Gasteiger partial charge on any atom is 0.242 e. The molecule has 0 fully saturated rings. The summed E-state index contributed by atoms with van der Waals surface area (Å²) in [5.41, 5.74) is 1.06. The normalized spacial score (nSPS) is 10.3. The molecule has 54 valence electrons. The summed E-state index contributed by atoms with van der Waals surface area (Å²) in [5.74, 6) is -0.504. The molecule has 2 rings (SSSR count). The largest absolute Gasteiger partial charge is 0.242 e. The van der Waals surface area contributed by atoms with Gasteiger partial charge in [-0.1, -0.05) is 18.2 Å². The molecule has 0 saturated heterocycles. The number of fused-ring (bicyclic) bond motifs is 1. The standard InChI is InChI=1S/C8H5FN2/c9-8-6-4-2-1-3-5-7(6)10-11-8/h1-5H. The van der Waals surface area contributed by atoms with Crippen LogP contribution in [0.4, 0.5) is 4.39 Å². The zero-order valence-electron chi connectivity index (χ0n) is 5.66. The van der Waals surface area contributed by atoms with Crippen LogP contribution in [0.3, 0.4) is 0 Å². The van der Waals surface area contributed by atoms with Gasteiger partial charge in [-0.25, -0.2) is 0 Å². The van der Waals surface area contributed by atoms with Crippen LogP contribution in [0, 0.1) is 5.95 Å². The van der Waals surface area contributed by atoms with Crippen molar-refractivity contribution in [1.29, 1.82) is 0 Å². The molecule has 1 aliphatic heterocycles. The average Bonchev–Trinajstić information content (AvgIpc) is 2.25. The molecule has 2 nitrogen and oxygen atoms in total. The maximum atomic E-state index is 12.7. The first-order valence-corrected chi connectivity index (χ1v) is 3.25. The summed E-state index contributed by atoms with van der Waals surface area (Å²) in [5, 5.41) is 6.94. The fourth-order valence-corrected chi connectivity index (χ4v) is 0.951. The van der Waals surface area contributed by atoms with Crippen molar-refractivity contribution in [2.24, 2.45) is 0 Å². The lowest BCUT2D eigenvalue weighted by Gasteiger charge is -1.83. The minimum atomic E-state index is -0.504. The molecule has 0 aromatic rings. The summed E-state index contributed by atoms with van der Waals surface area (Å²) in [4.78, 5) is 0. The Morgan fingerprint density at radius 1 is 1.00 bits per heavy atom. The Morgan fingerprint density at radius 3 is 2.73 bits per heavy atom. The second-order valence-electron chi connectivity index (χ2n) is 2.20. The third kappa shape index (κ3) is 0.941. The minimum Gasteiger partial charge on any atom is -0.182 e. The summed E-state index contributed by atoms with van der Waals surface area (Å²) < 4.78 is 12.7. The Labute approximate surface area is 63.0 Å². The molecule has 0 amide bonds. The highest BCUT2D eigenvalue weighted by molar-refractivity contribution is 5.58. The Morgan fingerprint density at radius 2 is 1.82 bits per heavy atom. The van der Waals surface area contributed by atoms with E-state index in [1.54, 1.807) is 24.3 Å².